The summed E-state index contributed by atoms with van der Waals surface area (Å²) in [5, 5.41) is 9.30. The Kier molecular flexibility index (Phi) is 6.01. The lowest BCUT2D eigenvalue weighted by Gasteiger charge is -2.25. The minimum atomic E-state index is -0.108. The molecule has 144 valence electrons. The number of carbonyl (C=O) groups is 1. The van der Waals surface area contributed by atoms with Gasteiger partial charge in [0, 0.05) is 6.54 Å². The molecule has 6 nitrogen and oxygen atoms in total. The highest BCUT2D eigenvalue weighted by molar-refractivity contribution is 8.00. The number of rotatable bonds is 7. The third-order valence-electron chi connectivity index (χ3n) is 4.52. The Bertz CT molecular complexity index is 784. The van der Waals surface area contributed by atoms with E-state index in [2.05, 4.69) is 0 Å². The van der Waals surface area contributed by atoms with Crippen LogP contribution < -0.4 is 14.2 Å². The minimum Gasteiger partial charge on any atom is -0.508 e. The Hall–Kier alpha value is -2.54. The van der Waals surface area contributed by atoms with E-state index in [1.807, 2.05) is 29.2 Å². The number of carbonyl (C=O) groups excluding carboxylic acids is 1. The first kappa shape index (κ1) is 19.2. The maximum Gasteiger partial charge on any atom is 0.233 e. The van der Waals surface area contributed by atoms with Crippen LogP contribution in [0.3, 0.4) is 0 Å². The topological polar surface area (TPSA) is 68.2 Å². The van der Waals surface area contributed by atoms with Crippen molar-refractivity contribution in [3.63, 3.8) is 0 Å². The summed E-state index contributed by atoms with van der Waals surface area (Å²) in [6.45, 7) is 0.595. The molecular formula is C20H23NO5S. The lowest BCUT2D eigenvalue weighted by molar-refractivity contribution is -0.128. The summed E-state index contributed by atoms with van der Waals surface area (Å²) < 4.78 is 16.3. The predicted molar refractivity (Wildman–Crippen MR) is 105 cm³/mol. The number of ether oxygens (including phenoxy) is 3. The average molecular weight is 389 g/mol. The Balaban J connectivity index is 1.84. The van der Waals surface area contributed by atoms with Crippen LogP contribution in [0.25, 0.3) is 0 Å². The number of hydrogen-bond acceptors (Lipinski definition) is 6. The van der Waals surface area contributed by atoms with Crippen LogP contribution >= 0.6 is 11.8 Å². The number of nitrogens with zero attached hydrogens (tertiary/aromatic N) is 1. The van der Waals surface area contributed by atoms with E-state index in [0.717, 1.165) is 11.1 Å². The van der Waals surface area contributed by atoms with Crippen LogP contribution in [0.1, 0.15) is 16.5 Å². The zero-order chi connectivity index (χ0) is 19.4. The van der Waals surface area contributed by atoms with Gasteiger partial charge in [-0.2, -0.15) is 0 Å². The summed E-state index contributed by atoms with van der Waals surface area (Å²) in [6, 6.07) is 10.9. The van der Waals surface area contributed by atoms with Gasteiger partial charge in [-0.05, 0) is 41.8 Å². The fraction of sp³-hybridized carbons (Fsp3) is 0.350. The van der Waals surface area contributed by atoms with Crippen molar-refractivity contribution < 1.29 is 24.1 Å². The molecule has 0 aliphatic carbocycles. The molecule has 1 unspecified atom stereocenters. The number of benzene rings is 2. The van der Waals surface area contributed by atoms with Crippen molar-refractivity contribution in [1.29, 1.82) is 0 Å². The zero-order valence-electron chi connectivity index (χ0n) is 15.6. The molecule has 7 heteroatoms. The Labute approximate surface area is 163 Å². The van der Waals surface area contributed by atoms with Crippen molar-refractivity contribution in [2.24, 2.45) is 0 Å². The van der Waals surface area contributed by atoms with Crippen LogP contribution in [0.5, 0.6) is 23.0 Å². The molecule has 1 atom stereocenters. The van der Waals surface area contributed by atoms with Crippen molar-refractivity contribution in [1.82, 2.24) is 4.90 Å². The van der Waals surface area contributed by atoms with E-state index < -0.39 is 0 Å². The summed E-state index contributed by atoms with van der Waals surface area (Å²) in [5.74, 6) is 2.47. The quantitative estimate of drug-likeness (QED) is 0.784. The number of phenolic OH excluding ortho intramolecular Hbond substituents is 1. The van der Waals surface area contributed by atoms with Crippen LogP contribution in [0.4, 0.5) is 0 Å². The Morgan fingerprint density at radius 2 is 1.70 bits per heavy atom. The van der Waals surface area contributed by atoms with Gasteiger partial charge in [-0.1, -0.05) is 12.1 Å². The van der Waals surface area contributed by atoms with Crippen molar-refractivity contribution in [3.05, 3.63) is 47.5 Å². The first-order valence-corrected chi connectivity index (χ1v) is 9.61. The normalized spacial score (nSPS) is 16.5. The maximum absolute atomic E-state index is 12.4. The van der Waals surface area contributed by atoms with E-state index in [1.165, 1.54) is 0 Å². The van der Waals surface area contributed by atoms with Crippen LogP contribution in [-0.2, 0) is 11.2 Å². The van der Waals surface area contributed by atoms with Gasteiger partial charge in [-0.15, -0.1) is 11.8 Å². The second kappa shape index (κ2) is 8.43. The van der Waals surface area contributed by atoms with Gasteiger partial charge in [0.2, 0.25) is 11.7 Å². The fourth-order valence-corrected chi connectivity index (χ4v) is 4.33. The van der Waals surface area contributed by atoms with Crippen LogP contribution in [0.2, 0.25) is 0 Å². The number of methoxy groups -OCH3 is 3. The molecule has 2 aromatic carbocycles. The van der Waals surface area contributed by atoms with Crippen molar-refractivity contribution >= 4 is 17.7 Å². The molecule has 1 aliphatic heterocycles. The molecule has 1 heterocycles. The zero-order valence-corrected chi connectivity index (χ0v) is 16.4. The molecule has 0 radical (unpaired) electrons. The monoisotopic (exact) mass is 389 g/mol. The van der Waals surface area contributed by atoms with Crippen molar-refractivity contribution in [2.45, 2.75) is 11.8 Å². The van der Waals surface area contributed by atoms with Gasteiger partial charge < -0.3 is 24.2 Å². The summed E-state index contributed by atoms with van der Waals surface area (Å²) >= 11 is 1.59. The molecule has 0 aromatic heterocycles. The molecule has 0 bridgehead atoms. The Morgan fingerprint density at radius 3 is 2.26 bits per heavy atom. The molecule has 27 heavy (non-hydrogen) atoms. The van der Waals surface area contributed by atoms with Crippen LogP contribution in [0.15, 0.2) is 36.4 Å². The predicted octanol–water partition coefficient (Wildman–Crippen LogP) is 3.23. The SMILES string of the molecule is COc1cc(C2SCC(=O)N2CCc2ccc(O)cc2)cc(OC)c1OC. The molecule has 0 spiro atoms. The number of amides is 1. The summed E-state index contributed by atoms with van der Waals surface area (Å²) in [7, 11) is 4.73. The molecule has 1 saturated heterocycles. The largest absolute Gasteiger partial charge is 0.508 e. The van der Waals surface area contributed by atoms with Gasteiger partial charge in [0.1, 0.15) is 11.1 Å². The summed E-state index contributed by atoms with van der Waals surface area (Å²) in [6.07, 6.45) is 0.716. The maximum atomic E-state index is 12.4. The van der Waals surface area contributed by atoms with E-state index >= 15 is 0 Å². The van der Waals surface area contributed by atoms with E-state index in [-0.39, 0.29) is 17.0 Å². The van der Waals surface area contributed by atoms with Gasteiger partial charge in [0.15, 0.2) is 11.5 Å². The van der Waals surface area contributed by atoms with Gasteiger partial charge in [-0.3, -0.25) is 4.79 Å². The highest BCUT2D eigenvalue weighted by Crippen LogP contribution is 2.45. The summed E-state index contributed by atoms with van der Waals surface area (Å²) in [5.41, 5.74) is 2.01. The van der Waals surface area contributed by atoms with Gasteiger partial charge in [0.05, 0.1) is 27.1 Å². The number of hydrogen-bond donors (Lipinski definition) is 1. The molecule has 0 saturated carbocycles. The van der Waals surface area contributed by atoms with Crippen molar-refractivity contribution in [3.8, 4) is 23.0 Å². The third kappa shape index (κ3) is 4.08. The molecular weight excluding hydrogens is 366 g/mol. The fourth-order valence-electron chi connectivity index (χ4n) is 3.13. The van der Waals surface area contributed by atoms with Gasteiger partial charge >= 0.3 is 0 Å². The van der Waals surface area contributed by atoms with Gasteiger partial charge in [0.25, 0.3) is 0 Å². The Morgan fingerprint density at radius 1 is 1.07 bits per heavy atom. The molecule has 1 amide bonds. The molecule has 1 N–H and O–H groups in total. The second-order valence-corrected chi connectivity index (χ2v) is 7.19. The molecule has 1 aliphatic rings. The van der Waals surface area contributed by atoms with E-state index in [0.29, 0.717) is 36.0 Å². The molecule has 3 rings (SSSR count). The van der Waals surface area contributed by atoms with Crippen LogP contribution in [-0.4, -0.2) is 49.5 Å². The molecule has 2 aromatic rings. The minimum absolute atomic E-state index is 0.108. The van der Waals surface area contributed by atoms with E-state index in [9.17, 15) is 9.90 Å². The first-order chi connectivity index (χ1) is 13.1. The number of aromatic hydroxyl groups is 1. The third-order valence-corrected chi connectivity index (χ3v) is 5.77. The first-order valence-electron chi connectivity index (χ1n) is 8.56. The molecule has 1 fully saturated rings. The van der Waals surface area contributed by atoms with E-state index in [1.54, 1.807) is 45.2 Å². The number of thioether (sulfide) groups is 1. The smallest absolute Gasteiger partial charge is 0.233 e. The van der Waals surface area contributed by atoms with Crippen molar-refractivity contribution in [2.75, 3.05) is 33.6 Å². The lowest BCUT2D eigenvalue weighted by Crippen LogP contribution is -2.30. The summed E-state index contributed by atoms with van der Waals surface area (Å²) in [4.78, 5) is 14.3. The highest BCUT2D eigenvalue weighted by Gasteiger charge is 2.33. The standard InChI is InChI=1S/C20H23NO5S/c1-24-16-10-14(11-17(25-2)19(16)26-3)20-21(18(23)12-27-20)9-8-13-4-6-15(22)7-5-13/h4-7,10-11,20,22H,8-9,12H2,1-3H3. The van der Waals surface area contributed by atoms with E-state index in [4.69, 9.17) is 14.2 Å². The van der Waals surface area contributed by atoms with Crippen LogP contribution in [0, 0.1) is 0 Å². The number of phenols is 1. The van der Waals surface area contributed by atoms with Gasteiger partial charge in [-0.25, -0.2) is 0 Å². The lowest BCUT2D eigenvalue weighted by atomic mass is 10.1. The average Bonchev–Trinajstić information content (AvgIpc) is 3.06. The second-order valence-electron chi connectivity index (χ2n) is 6.13. The highest BCUT2D eigenvalue weighted by atomic mass is 32.2.